The second kappa shape index (κ2) is 5.11. The fourth-order valence-electron chi connectivity index (χ4n) is 1.00. The molecule has 0 spiro atoms. The van der Waals surface area contributed by atoms with Gasteiger partial charge in [0.1, 0.15) is 0 Å². The SMILES string of the molecule is CC(CC(C)C(C)O)C(=O)NN. The van der Waals surface area contributed by atoms with Crippen molar-refractivity contribution in [2.24, 2.45) is 17.7 Å². The Morgan fingerprint density at radius 3 is 2.33 bits per heavy atom. The lowest BCUT2D eigenvalue weighted by Gasteiger charge is -2.17. The largest absolute Gasteiger partial charge is 0.393 e. The third-order valence-corrected chi connectivity index (χ3v) is 2.14. The maximum absolute atomic E-state index is 11.0. The van der Waals surface area contributed by atoms with Crippen molar-refractivity contribution in [1.29, 1.82) is 0 Å². The van der Waals surface area contributed by atoms with Gasteiger partial charge < -0.3 is 5.11 Å². The van der Waals surface area contributed by atoms with Crippen LogP contribution < -0.4 is 11.3 Å². The highest BCUT2D eigenvalue weighted by atomic mass is 16.3. The minimum Gasteiger partial charge on any atom is -0.393 e. The molecule has 0 heterocycles. The molecule has 0 rings (SSSR count). The molecule has 4 heteroatoms. The Morgan fingerprint density at radius 1 is 1.50 bits per heavy atom. The van der Waals surface area contributed by atoms with Crippen LogP contribution in [0.25, 0.3) is 0 Å². The molecule has 0 saturated carbocycles. The standard InChI is InChI=1S/C8H18N2O2/c1-5(7(3)11)4-6(2)8(12)10-9/h5-7,11H,4,9H2,1-3H3,(H,10,12). The van der Waals surface area contributed by atoms with E-state index in [2.05, 4.69) is 5.43 Å². The predicted octanol–water partition coefficient (Wildman–Crippen LogP) is 0.0194. The summed E-state index contributed by atoms with van der Waals surface area (Å²) in [5.74, 6) is 4.77. The molecule has 0 aliphatic carbocycles. The zero-order valence-electron chi connectivity index (χ0n) is 7.87. The van der Waals surface area contributed by atoms with Crippen LogP contribution in [0, 0.1) is 11.8 Å². The molecule has 0 radical (unpaired) electrons. The molecule has 4 N–H and O–H groups in total. The molecule has 3 unspecified atom stereocenters. The number of amides is 1. The van der Waals surface area contributed by atoms with Crippen molar-refractivity contribution in [1.82, 2.24) is 5.43 Å². The molecule has 0 aliphatic heterocycles. The number of hydrazine groups is 1. The quantitative estimate of drug-likeness (QED) is 0.319. The van der Waals surface area contributed by atoms with E-state index in [-0.39, 0.29) is 23.8 Å². The zero-order chi connectivity index (χ0) is 9.72. The van der Waals surface area contributed by atoms with Crippen LogP contribution in [-0.4, -0.2) is 17.1 Å². The first-order chi connectivity index (χ1) is 5.49. The topological polar surface area (TPSA) is 75.3 Å². The van der Waals surface area contributed by atoms with Crippen molar-refractivity contribution in [3.63, 3.8) is 0 Å². The molecular weight excluding hydrogens is 156 g/mol. The molecule has 4 nitrogen and oxygen atoms in total. The van der Waals surface area contributed by atoms with Crippen LogP contribution >= 0.6 is 0 Å². The van der Waals surface area contributed by atoms with Crippen LogP contribution in [0.15, 0.2) is 0 Å². The van der Waals surface area contributed by atoms with Gasteiger partial charge in [-0.05, 0) is 19.3 Å². The Balaban J connectivity index is 3.83. The van der Waals surface area contributed by atoms with Crippen LogP contribution in [0.5, 0.6) is 0 Å². The Bertz CT molecular complexity index is 148. The maximum Gasteiger partial charge on any atom is 0.236 e. The summed E-state index contributed by atoms with van der Waals surface area (Å²) >= 11 is 0. The van der Waals surface area contributed by atoms with E-state index in [9.17, 15) is 4.79 Å². The van der Waals surface area contributed by atoms with E-state index in [0.29, 0.717) is 6.42 Å². The molecule has 0 fully saturated rings. The third kappa shape index (κ3) is 3.69. The molecular formula is C8H18N2O2. The highest BCUT2D eigenvalue weighted by Gasteiger charge is 2.17. The third-order valence-electron chi connectivity index (χ3n) is 2.14. The van der Waals surface area contributed by atoms with E-state index in [1.165, 1.54) is 0 Å². The first-order valence-corrected chi connectivity index (χ1v) is 4.17. The minimum absolute atomic E-state index is 0.122. The second-order valence-electron chi connectivity index (χ2n) is 3.36. The van der Waals surface area contributed by atoms with Gasteiger partial charge in [0.25, 0.3) is 0 Å². The predicted molar refractivity (Wildman–Crippen MR) is 47.0 cm³/mol. The molecule has 72 valence electrons. The minimum atomic E-state index is -0.377. The van der Waals surface area contributed by atoms with Crippen molar-refractivity contribution in [3.05, 3.63) is 0 Å². The lowest BCUT2D eigenvalue weighted by Crippen LogP contribution is -2.36. The summed E-state index contributed by atoms with van der Waals surface area (Å²) in [7, 11) is 0. The Hall–Kier alpha value is -0.610. The summed E-state index contributed by atoms with van der Waals surface area (Å²) in [5.41, 5.74) is 2.09. The van der Waals surface area contributed by atoms with Gasteiger partial charge in [-0.3, -0.25) is 10.2 Å². The lowest BCUT2D eigenvalue weighted by molar-refractivity contribution is -0.125. The summed E-state index contributed by atoms with van der Waals surface area (Å²) < 4.78 is 0. The van der Waals surface area contributed by atoms with Crippen molar-refractivity contribution in [2.45, 2.75) is 33.3 Å². The van der Waals surface area contributed by atoms with Gasteiger partial charge in [0.2, 0.25) is 5.91 Å². The van der Waals surface area contributed by atoms with E-state index in [4.69, 9.17) is 10.9 Å². The lowest BCUT2D eigenvalue weighted by atomic mass is 9.93. The van der Waals surface area contributed by atoms with E-state index in [1.54, 1.807) is 13.8 Å². The molecule has 0 aliphatic rings. The average molecular weight is 174 g/mol. The summed E-state index contributed by atoms with van der Waals surface area (Å²) in [6.45, 7) is 5.42. The molecule has 0 bridgehead atoms. The summed E-state index contributed by atoms with van der Waals surface area (Å²) in [5, 5.41) is 9.16. The molecule has 0 saturated heterocycles. The number of rotatable bonds is 4. The molecule has 0 aromatic rings. The van der Waals surface area contributed by atoms with E-state index >= 15 is 0 Å². The van der Waals surface area contributed by atoms with Gasteiger partial charge in [0.15, 0.2) is 0 Å². The highest BCUT2D eigenvalue weighted by molar-refractivity contribution is 5.77. The smallest absolute Gasteiger partial charge is 0.236 e. The molecule has 0 aromatic heterocycles. The van der Waals surface area contributed by atoms with Crippen molar-refractivity contribution < 1.29 is 9.90 Å². The first kappa shape index (κ1) is 11.4. The summed E-state index contributed by atoms with van der Waals surface area (Å²) in [4.78, 5) is 11.0. The van der Waals surface area contributed by atoms with Crippen LogP contribution in [0.1, 0.15) is 27.2 Å². The van der Waals surface area contributed by atoms with Gasteiger partial charge in [-0.25, -0.2) is 5.84 Å². The maximum atomic E-state index is 11.0. The van der Waals surface area contributed by atoms with E-state index in [0.717, 1.165) is 0 Å². The molecule has 0 aromatic carbocycles. The Labute approximate surface area is 73.1 Å². The number of nitrogens with two attached hydrogens (primary N) is 1. The fourth-order valence-corrected chi connectivity index (χ4v) is 1.00. The Morgan fingerprint density at radius 2 is 2.00 bits per heavy atom. The summed E-state index contributed by atoms with van der Waals surface area (Å²) in [6.07, 6.45) is 0.277. The summed E-state index contributed by atoms with van der Waals surface area (Å²) in [6, 6.07) is 0. The van der Waals surface area contributed by atoms with Gasteiger partial charge in [-0.1, -0.05) is 13.8 Å². The number of carbonyl (C=O) groups is 1. The van der Waals surface area contributed by atoms with Gasteiger partial charge in [-0.2, -0.15) is 0 Å². The van der Waals surface area contributed by atoms with Crippen LogP contribution in [0.3, 0.4) is 0 Å². The van der Waals surface area contributed by atoms with Crippen LogP contribution in [0.2, 0.25) is 0 Å². The van der Waals surface area contributed by atoms with Gasteiger partial charge >= 0.3 is 0 Å². The number of hydrogen-bond donors (Lipinski definition) is 3. The molecule has 1 amide bonds. The van der Waals surface area contributed by atoms with Gasteiger partial charge in [0.05, 0.1) is 6.10 Å². The normalized spacial score (nSPS) is 18.1. The van der Waals surface area contributed by atoms with Crippen molar-refractivity contribution in [3.8, 4) is 0 Å². The second-order valence-corrected chi connectivity index (χ2v) is 3.36. The van der Waals surface area contributed by atoms with Gasteiger partial charge in [-0.15, -0.1) is 0 Å². The highest BCUT2D eigenvalue weighted by Crippen LogP contribution is 2.14. The molecule has 12 heavy (non-hydrogen) atoms. The van der Waals surface area contributed by atoms with Crippen LogP contribution in [-0.2, 0) is 4.79 Å². The number of carbonyl (C=O) groups excluding carboxylic acids is 1. The van der Waals surface area contributed by atoms with E-state index in [1.807, 2.05) is 6.92 Å². The Kier molecular flexibility index (Phi) is 4.85. The van der Waals surface area contributed by atoms with Gasteiger partial charge in [0, 0.05) is 5.92 Å². The van der Waals surface area contributed by atoms with Crippen molar-refractivity contribution >= 4 is 5.91 Å². The number of hydrogen-bond acceptors (Lipinski definition) is 3. The van der Waals surface area contributed by atoms with E-state index < -0.39 is 0 Å². The number of nitrogens with one attached hydrogen (secondary N) is 1. The van der Waals surface area contributed by atoms with Crippen LogP contribution in [0.4, 0.5) is 0 Å². The monoisotopic (exact) mass is 174 g/mol. The molecule has 3 atom stereocenters. The first-order valence-electron chi connectivity index (χ1n) is 4.17. The van der Waals surface area contributed by atoms with Crippen molar-refractivity contribution in [2.75, 3.05) is 0 Å². The number of aliphatic hydroxyl groups excluding tert-OH is 1. The zero-order valence-corrected chi connectivity index (χ0v) is 7.87. The average Bonchev–Trinajstić information content (AvgIpc) is 2.02. The number of aliphatic hydroxyl groups is 1. The fraction of sp³-hybridized carbons (Fsp3) is 0.875.